The normalized spacial score (nSPS) is 30.4. The van der Waals surface area contributed by atoms with E-state index in [1.165, 1.54) is 44.1 Å². The molecule has 1 saturated carbocycles. The van der Waals surface area contributed by atoms with Gasteiger partial charge in [0.1, 0.15) is 12.2 Å². The summed E-state index contributed by atoms with van der Waals surface area (Å²) in [4.78, 5) is 0. The van der Waals surface area contributed by atoms with Gasteiger partial charge in [0.25, 0.3) is 0 Å². The van der Waals surface area contributed by atoms with E-state index in [1.807, 2.05) is 6.26 Å². The highest BCUT2D eigenvalue weighted by molar-refractivity contribution is 5.02. The predicted octanol–water partition coefficient (Wildman–Crippen LogP) is 3.81. The Hall–Kier alpha value is -0.500. The maximum absolute atomic E-state index is 5.93. The number of hydrogen-bond acceptors (Lipinski definition) is 2. The van der Waals surface area contributed by atoms with Crippen molar-refractivity contribution in [2.24, 2.45) is 0 Å². The van der Waals surface area contributed by atoms with Crippen LogP contribution >= 0.6 is 0 Å². The van der Waals surface area contributed by atoms with Crippen molar-refractivity contribution in [1.82, 2.24) is 0 Å². The Balaban J connectivity index is 1.79. The van der Waals surface area contributed by atoms with E-state index in [4.69, 9.17) is 9.47 Å². The Kier molecular flexibility index (Phi) is 4.28. The zero-order valence-corrected chi connectivity index (χ0v) is 10.5. The molecule has 1 atom stereocenters. The van der Waals surface area contributed by atoms with Crippen LogP contribution in [0.2, 0.25) is 0 Å². The van der Waals surface area contributed by atoms with Gasteiger partial charge in [0.2, 0.25) is 0 Å². The summed E-state index contributed by atoms with van der Waals surface area (Å²) in [6.45, 7) is 3.86. The molecule has 1 aliphatic carbocycles. The lowest BCUT2D eigenvalue weighted by Crippen LogP contribution is -2.39. The molecular formula is C14H24O2. The van der Waals surface area contributed by atoms with E-state index in [0.717, 1.165) is 26.1 Å². The molecule has 2 rings (SSSR count). The van der Waals surface area contributed by atoms with Gasteiger partial charge in [-0.3, -0.25) is 0 Å². The van der Waals surface area contributed by atoms with Gasteiger partial charge in [-0.25, -0.2) is 0 Å². The van der Waals surface area contributed by atoms with E-state index >= 15 is 0 Å². The summed E-state index contributed by atoms with van der Waals surface area (Å²) in [7, 11) is 0. The Morgan fingerprint density at radius 2 is 2.06 bits per heavy atom. The molecule has 2 fully saturated rings. The van der Waals surface area contributed by atoms with Crippen molar-refractivity contribution in [2.75, 3.05) is 13.2 Å². The molecule has 0 amide bonds. The van der Waals surface area contributed by atoms with Gasteiger partial charge in [0.05, 0.1) is 6.26 Å². The molecule has 0 aromatic carbocycles. The topological polar surface area (TPSA) is 18.5 Å². The number of rotatable bonds is 4. The molecule has 0 aromatic heterocycles. The first-order chi connectivity index (χ1) is 7.85. The third-order valence-corrected chi connectivity index (χ3v) is 3.92. The van der Waals surface area contributed by atoms with Crippen LogP contribution in [0.5, 0.6) is 0 Å². The highest BCUT2D eigenvalue weighted by Gasteiger charge is 2.31. The van der Waals surface area contributed by atoms with Crippen molar-refractivity contribution < 1.29 is 9.47 Å². The lowest BCUT2D eigenvalue weighted by molar-refractivity contribution is -0.111. The maximum atomic E-state index is 5.93. The first-order valence-corrected chi connectivity index (χ1v) is 6.78. The second-order valence-electron chi connectivity index (χ2n) is 5.14. The smallest absolute Gasteiger partial charge is 0.116 e. The van der Waals surface area contributed by atoms with Gasteiger partial charge in [-0.1, -0.05) is 6.92 Å². The minimum absolute atomic E-state index is 0.00785. The fourth-order valence-corrected chi connectivity index (χ4v) is 2.66. The van der Waals surface area contributed by atoms with Crippen molar-refractivity contribution >= 4 is 0 Å². The third-order valence-electron chi connectivity index (χ3n) is 3.92. The Morgan fingerprint density at radius 3 is 2.69 bits per heavy atom. The minimum Gasteiger partial charge on any atom is -0.498 e. The van der Waals surface area contributed by atoms with Crippen molar-refractivity contribution in [1.29, 1.82) is 0 Å². The summed E-state index contributed by atoms with van der Waals surface area (Å²) in [6, 6.07) is 0. The van der Waals surface area contributed by atoms with Crippen molar-refractivity contribution in [3.05, 3.63) is 11.8 Å². The molecule has 0 spiro atoms. The summed E-state index contributed by atoms with van der Waals surface area (Å²) >= 11 is 0. The lowest BCUT2D eigenvalue weighted by atomic mass is 9.92. The largest absolute Gasteiger partial charge is 0.498 e. The van der Waals surface area contributed by atoms with E-state index < -0.39 is 0 Å². The molecule has 0 radical (unpaired) electrons. The molecule has 92 valence electrons. The van der Waals surface area contributed by atoms with Crippen LogP contribution in [0.25, 0.3) is 0 Å². The van der Waals surface area contributed by atoms with E-state index in [2.05, 4.69) is 6.92 Å². The summed E-state index contributed by atoms with van der Waals surface area (Å²) in [5.41, 5.74) is 1.50. The number of ether oxygens (including phenoxy) is 2. The van der Waals surface area contributed by atoms with E-state index in [0.29, 0.717) is 0 Å². The average molecular weight is 224 g/mol. The van der Waals surface area contributed by atoms with Gasteiger partial charge < -0.3 is 9.47 Å². The summed E-state index contributed by atoms with van der Waals surface area (Å²) in [5, 5.41) is 0. The molecule has 0 N–H and O–H groups in total. The Labute approximate surface area is 99.0 Å². The van der Waals surface area contributed by atoms with Crippen molar-refractivity contribution in [3.8, 4) is 0 Å². The van der Waals surface area contributed by atoms with Gasteiger partial charge >= 0.3 is 0 Å². The molecule has 1 heterocycles. The highest BCUT2D eigenvalue weighted by atomic mass is 16.5. The second-order valence-corrected chi connectivity index (χ2v) is 5.14. The molecule has 0 bridgehead atoms. The highest BCUT2D eigenvalue weighted by Crippen LogP contribution is 2.29. The van der Waals surface area contributed by atoms with Crippen LogP contribution in [0.1, 0.15) is 58.3 Å². The summed E-state index contributed by atoms with van der Waals surface area (Å²) < 4.78 is 11.7. The van der Waals surface area contributed by atoms with Crippen LogP contribution in [0.3, 0.4) is 0 Å². The van der Waals surface area contributed by atoms with Gasteiger partial charge in [0.15, 0.2) is 0 Å². The molecule has 1 aliphatic heterocycles. The maximum Gasteiger partial charge on any atom is 0.116 e. The predicted molar refractivity (Wildman–Crippen MR) is 65.3 cm³/mol. The molecule has 1 saturated heterocycles. The first-order valence-electron chi connectivity index (χ1n) is 6.78. The van der Waals surface area contributed by atoms with Gasteiger partial charge in [-0.2, -0.15) is 0 Å². The number of hydrogen-bond donors (Lipinski definition) is 0. The molecule has 2 aliphatic rings. The van der Waals surface area contributed by atoms with Gasteiger partial charge in [-0.15, -0.1) is 0 Å². The van der Waals surface area contributed by atoms with Crippen LogP contribution in [0, 0.1) is 0 Å². The monoisotopic (exact) mass is 224 g/mol. The first kappa shape index (κ1) is 12.0. The molecule has 16 heavy (non-hydrogen) atoms. The van der Waals surface area contributed by atoms with Crippen LogP contribution in [-0.2, 0) is 9.47 Å². The standard InChI is InChI=1S/C14H24O2/c1-2-14(9-5-6-10-16-14)12-15-11-13-7-3-4-8-13/h11H,2-10,12H2,1H3. The second kappa shape index (κ2) is 5.72. The van der Waals surface area contributed by atoms with E-state index in [9.17, 15) is 0 Å². The fourth-order valence-electron chi connectivity index (χ4n) is 2.66. The molecular weight excluding hydrogens is 200 g/mol. The van der Waals surface area contributed by atoms with E-state index in [-0.39, 0.29) is 5.60 Å². The van der Waals surface area contributed by atoms with Crippen LogP contribution in [0.15, 0.2) is 11.8 Å². The van der Waals surface area contributed by atoms with Crippen molar-refractivity contribution in [2.45, 2.75) is 63.9 Å². The SMILES string of the molecule is CCC1(COC=C2CCCC2)CCCCO1. The van der Waals surface area contributed by atoms with E-state index in [1.54, 1.807) is 0 Å². The average Bonchev–Trinajstić information content (AvgIpc) is 2.83. The summed E-state index contributed by atoms with van der Waals surface area (Å²) in [6.07, 6.45) is 11.9. The van der Waals surface area contributed by atoms with Gasteiger partial charge in [0, 0.05) is 6.61 Å². The van der Waals surface area contributed by atoms with Crippen LogP contribution in [-0.4, -0.2) is 18.8 Å². The lowest BCUT2D eigenvalue weighted by Gasteiger charge is -2.35. The molecule has 0 aromatic rings. The van der Waals surface area contributed by atoms with Crippen LogP contribution in [0.4, 0.5) is 0 Å². The zero-order chi connectivity index (χ0) is 11.3. The number of allylic oxidation sites excluding steroid dienone is 1. The molecule has 2 nitrogen and oxygen atoms in total. The quantitative estimate of drug-likeness (QED) is 0.676. The van der Waals surface area contributed by atoms with Gasteiger partial charge in [-0.05, 0) is 56.9 Å². The Morgan fingerprint density at radius 1 is 1.25 bits per heavy atom. The molecule has 2 heteroatoms. The van der Waals surface area contributed by atoms with Crippen LogP contribution < -0.4 is 0 Å². The third kappa shape index (κ3) is 3.00. The molecule has 1 unspecified atom stereocenters. The Bertz CT molecular complexity index is 231. The summed E-state index contributed by atoms with van der Waals surface area (Å²) in [5.74, 6) is 0. The van der Waals surface area contributed by atoms with Crippen molar-refractivity contribution in [3.63, 3.8) is 0 Å². The zero-order valence-electron chi connectivity index (χ0n) is 10.5. The fraction of sp³-hybridized carbons (Fsp3) is 0.857. The minimum atomic E-state index is 0.00785.